The van der Waals surface area contributed by atoms with Crippen molar-refractivity contribution >= 4 is 32.4 Å². The Morgan fingerprint density at radius 1 is 1.03 bits per heavy atom. The molecule has 172 valence electrons. The minimum absolute atomic E-state index is 0.314. The average Bonchev–Trinajstić information content (AvgIpc) is 3.32. The van der Waals surface area contributed by atoms with Crippen LogP contribution in [-0.4, -0.2) is 76.4 Å². The Kier molecular flexibility index (Phi) is 5.25. The van der Waals surface area contributed by atoms with E-state index in [0.717, 1.165) is 17.0 Å². The van der Waals surface area contributed by atoms with Crippen LogP contribution in [0.25, 0.3) is 16.7 Å². The van der Waals surface area contributed by atoms with Gasteiger partial charge in [-0.05, 0) is 23.8 Å². The Hall–Kier alpha value is -3.51. The summed E-state index contributed by atoms with van der Waals surface area (Å²) in [5, 5.41) is 4.81. The molecule has 33 heavy (non-hydrogen) atoms. The third kappa shape index (κ3) is 3.91. The molecule has 0 radical (unpaired) electrons. The van der Waals surface area contributed by atoms with Gasteiger partial charge in [0.05, 0.1) is 37.2 Å². The largest absolute Gasteiger partial charge is 0.497 e. The minimum Gasteiger partial charge on any atom is -0.497 e. The van der Waals surface area contributed by atoms with Gasteiger partial charge < -0.3 is 9.64 Å². The fourth-order valence-corrected chi connectivity index (χ4v) is 4.93. The van der Waals surface area contributed by atoms with Crippen LogP contribution in [0.15, 0.2) is 47.7 Å². The van der Waals surface area contributed by atoms with E-state index >= 15 is 0 Å². The van der Waals surface area contributed by atoms with Gasteiger partial charge >= 0.3 is 5.69 Å². The number of anilines is 1. The van der Waals surface area contributed by atoms with E-state index in [4.69, 9.17) is 4.74 Å². The molecule has 11 nitrogen and oxygen atoms in total. The molecule has 0 aliphatic carbocycles. The standard InChI is InChI=1S/C21H23N7O4S/c1-32-17-5-3-15(4-6-17)13-27-19-18(20-23-14-24-28(20)21(27)29)11-16(12-22-19)25-7-9-26(10-8-25)33(2,30)31/h3-6,11-12,14H,7-10,13H2,1-2H3. The number of methoxy groups -OCH3 is 1. The summed E-state index contributed by atoms with van der Waals surface area (Å²) >= 11 is 0. The molecule has 1 saturated heterocycles. The molecule has 1 aromatic carbocycles. The maximum atomic E-state index is 13.1. The second kappa shape index (κ2) is 8.12. The highest BCUT2D eigenvalue weighted by Crippen LogP contribution is 2.24. The Labute approximate surface area is 189 Å². The van der Waals surface area contributed by atoms with Crippen molar-refractivity contribution in [3.05, 3.63) is 58.9 Å². The topological polar surface area (TPSA) is 115 Å². The molecular formula is C21H23N7O4S. The molecule has 0 spiro atoms. The Morgan fingerprint density at radius 2 is 1.76 bits per heavy atom. The summed E-state index contributed by atoms with van der Waals surface area (Å²) in [7, 11) is -1.60. The van der Waals surface area contributed by atoms with Gasteiger partial charge in [-0.1, -0.05) is 12.1 Å². The van der Waals surface area contributed by atoms with Crippen molar-refractivity contribution in [1.29, 1.82) is 0 Å². The molecule has 1 fully saturated rings. The van der Waals surface area contributed by atoms with Crippen LogP contribution in [-0.2, 0) is 16.6 Å². The summed E-state index contributed by atoms with van der Waals surface area (Å²) in [4.78, 5) is 24.1. The van der Waals surface area contributed by atoms with Crippen molar-refractivity contribution in [2.45, 2.75) is 6.54 Å². The van der Waals surface area contributed by atoms with E-state index < -0.39 is 10.0 Å². The predicted molar refractivity (Wildman–Crippen MR) is 123 cm³/mol. The van der Waals surface area contributed by atoms with Crippen molar-refractivity contribution in [2.24, 2.45) is 0 Å². The lowest BCUT2D eigenvalue weighted by atomic mass is 10.2. The average molecular weight is 470 g/mol. The molecule has 4 aromatic rings. The fourth-order valence-electron chi connectivity index (χ4n) is 4.10. The van der Waals surface area contributed by atoms with E-state index in [1.54, 1.807) is 17.9 Å². The summed E-state index contributed by atoms with van der Waals surface area (Å²) < 4.78 is 33.2. The quantitative estimate of drug-likeness (QED) is 0.417. The number of sulfonamides is 1. The Bertz CT molecular complexity index is 1490. The van der Waals surface area contributed by atoms with Gasteiger partial charge in [0, 0.05) is 26.2 Å². The second-order valence-corrected chi connectivity index (χ2v) is 9.91. The summed E-state index contributed by atoms with van der Waals surface area (Å²) in [5.74, 6) is 0.737. The molecule has 0 unspecified atom stereocenters. The van der Waals surface area contributed by atoms with E-state index in [1.807, 2.05) is 30.3 Å². The Balaban J connectivity index is 1.55. The van der Waals surface area contributed by atoms with Crippen LogP contribution in [0.2, 0.25) is 0 Å². The van der Waals surface area contributed by atoms with E-state index in [9.17, 15) is 13.2 Å². The van der Waals surface area contributed by atoms with E-state index in [2.05, 4.69) is 20.0 Å². The van der Waals surface area contributed by atoms with Gasteiger partial charge in [0.1, 0.15) is 17.7 Å². The van der Waals surface area contributed by atoms with Crippen LogP contribution < -0.4 is 15.3 Å². The van der Waals surface area contributed by atoms with Gasteiger partial charge in [-0.2, -0.15) is 13.9 Å². The van der Waals surface area contributed by atoms with Crippen molar-refractivity contribution in [3.8, 4) is 5.75 Å². The number of rotatable bonds is 5. The first-order valence-electron chi connectivity index (χ1n) is 10.4. The van der Waals surface area contributed by atoms with E-state index in [1.165, 1.54) is 21.4 Å². The zero-order valence-corrected chi connectivity index (χ0v) is 19.1. The van der Waals surface area contributed by atoms with Crippen molar-refractivity contribution in [2.75, 3.05) is 44.4 Å². The van der Waals surface area contributed by atoms with Gasteiger partial charge in [0.15, 0.2) is 5.65 Å². The van der Waals surface area contributed by atoms with Crippen LogP contribution in [0, 0.1) is 0 Å². The molecule has 0 amide bonds. The van der Waals surface area contributed by atoms with Gasteiger partial charge in [-0.3, -0.25) is 4.57 Å². The monoisotopic (exact) mass is 469 g/mol. The SMILES string of the molecule is COc1ccc(Cn2c(=O)n3ncnc3c3cc(N4CCN(S(C)(=O)=O)CC4)cnc32)cc1. The predicted octanol–water partition coefficient (Wildman–Crippen LogP) is 0.578. The van der Waals surface area contributed by atoms with Crippen molar-refractivity contribution in [1.82, 2.24) is 28.5 Å². The molecule has 5 rings (SSSR count). The number of hydrogen-bond acceptors (Lipinski definition) is 8. The van der Waals surface area contributed by atoms with Crippen LogP contribution in [0.3, 0.4) is 0 Å². The number of ether oxygens (including phenoxy) is 1. The summed E-state index contributed by atoms with van der Waals surface area (Å²) in [6.07, 6.45) is 4.30. The third-order valence-electron chi connectivity index (χ3n) is 5.88. The molecule has 4 heterocycles. The van der Waals surface area contributed by atoms with Crippen LogP contribution in [0.5, 0.6) is 5.75 Å². The highest BCUT2D eigenvalue weighted by atomic mass is 32.2. The van der Waals surface area contributed by atoms with Gasteiger partial charge in [0.25, 0.3) is 0 Å². The highest BCUT2D eigenvalue weighted by Gasteiger charge is 2.24. The van der Waals surface area contributed by atoms with Gasteiger partial charge in [-0.15, -0.1) is 0 Å². The molecule has 1 aliphatic rings. The summed E-state index contributed by atoms with van der Waals surface area (Å²) in [6, 6.07) is 9.43. The molecule has 1 aliphatic heterocycles. The zero-order chi connectivity index (χ0) is 23.2. The van der Waals surface area contributed by atoms with Crippen molar-refractivity contribution < 1.29 is 13.2 Å². The number of aromatic nitrogens is 5. The fraction of sp³-hybridized carbons (Fsp3) is 0.333. The molecular weight excluding hydrogens is 446 g/mol. The first kappa shape index (κ1) is 21.3. The third-order valence-corrected chi connectivity index (χ3v) is 7.18. The second-order valence-electron chi connectivity index (χ2n) is 7.93. The molecule has 12 heteroatoms. The van der Waals surface area contributed by atoms with Gasteiger partial charge in [0.2, 0.25) is 10.0 Å². The molecule has 3 aromatic heterocycles. The van der Waals surface area contributed by atoms with Gasteiger partial charge in [-0.25, -0.2) is 23.2 Å². The summed E-state index contributed by atoms with van der Waals surface area (Å²) in [5.41, 5.74) is 2.38. The van der Waals surface area contributed by atoms with E-state index in [-0.39, 0.29) is 5.69 Å². The first-order valence-corrected chi connectivity index (χ1v) is 12.3. The lowest BCUT2D eigenvalue weighted by Gasteiger charge is -2.34. The summed E-state index contributed by atoms with van der Waals surface area (Å²) in [6.45, 7) is 2.24. The zero-order valence-electron chi connectivity index (χ0n) is 18.2. The minimum atomic E-state index is -3.21. The molecule has 0 N–H and O–H groups in total. The smallest absolute Gasteiger partial charge is 0.352 e. The lowest BCUT2D eigenvalue weighted by molar-refractivity contribution is 0.388. The number of piperazine rings is 1. The number of hydrogen-bond donors (Lipinski definition) is 0. The maximum absolute atomic E-state index is 13.1. The number of benzene rings is 1. The van der Waals surface area contributed by atoms with E-state index in [0.29, 0.717) is 49.4 Å². The van der Waals surface area contributed by atoms with Crippen LogP contribution >= 0.6 is 0 Å². The maximum Gasteiger partial charge on any atom is 0.352 e. The van der Waals surface area contributed by atoms with Crippen LogP contribution in [0.1, 0.15) is 5.56 Å². The van der Waals surface area contributed by atoms with Crippen LogP contribution in [0.4, 0.5) is 5.69 Å². The molecule has 0 atom stereocenters. The van der Waals surface area contributed by atoms with Crippen molar-refractivity contribution in [3.63, 3.8) is 0 Å². The molecule has 0 bridgehead atoms. The number of pyridine rings is 1. The number of fused-ring (bicyclic) bond motifs is 3. The highest BCUT2D eigenvalue weighted by molar-refractivity contribution is 7.88. The normalized spacial score (nSPS) is 15.4. The molecule has 0 saturated carbocycles. The lowest BCUT2D eigenvalue weighted by Crippen LogP contribution is -2.48. The first-order chi connectivity index (χ1) is 15.8. The Morgan fingerprint density at radius 3 is 2.42 bits per heavy atom. The number of nitrogens with zero attached hydrogens (tertiary/aromatic N) is 7.